The minimum absolute atomic E-state index is 0.0374. The number of amides is 1. The van der Waals surface area contributed by atoms with Gasteiger partial charge in [0.25, 0.3) is 11.5 Å². The summed E-state index contributed by atoms with van der Waals surface area (Å²) in [6, 6.07) is 6.70. The lowest BCUT2D eigenvalue weighted by molar-refractivity contribution is -0.139. The van der Waals surface area contributed by atoms with Crippen molar-refractivity contribution in [1.29, 1.82) is 0 Å². The number of carbonyl (C=O) groups excluding carboxylic acids is 1. The number of nitrogens with zero attached hydrogens (tertiary/aromatic N) is 1. The molecular weight excluding hydrogens is 362 g/mol. The van der Waals surface area contributed by atoms with E-state index in [2.05, 4.69) is 10.3 Å². The van der Waals surface area contributed by atoms with E-state index in [4.69, 9.17) is 9.52 Å². The summed E-state index contributed by atoms with van der Waals surface area (Å²) in [5, 5.41) is 12.0. The van der Waals surface area contributed by atoms with Crippen molar-refractivity contribution in [2.45, 2.75) is 37.8 Å². The molecular formula is C20H23N3O5. The molecule has 0 saturated heterocycles. The maximum atomic E-state index is 12.4. The second-order valence-electron chi connectivity index (χ2n) is 7.65. The first-order valence-electron chi connectivity index (χ1n) is 9.53. The third kappa shape index (κ3) is 4.17. The molecule has 0 bridgehead atoms. The number of carbonyl (C=O) groups is 2. The summed E-state index contributed by atoms with van der Waals surface area (Å²) >= 11 is 0. The number of carboxylic acids is 1. The minimum Gasteiger partial charge on any atom is -0.480 e. The molecule has 28 heavy (non-hydrogen) atoms. The molecule has 2 fully saturated rings. The Hall–Kier alpha value is -2.87. The fourth-order valence-electron chi connectivity index (χ4n) is 3.64. The van der Waals surface area contributed by atoms with Gasteiger partial charge in [-0.15, -0.1) is 0 Å². The van der Waals surface area contributed by atoms with E-state index in [1.807, 2.05) is 4.90 Å². The number of aromatic nitrogens is 1. The molecule has 4 rings (SSSR count). The highest BCUT2D eigenvalue weighted by Gasteiger charge is 2.38. The SMILES string of the molecule is O=C(O)CN(CC1CC1)C1CC(NC(=O)c2ccc(-c3ccco3)[nH]c2=O)C1. The molecule has 8 nitrogen and oxygen atoms in total. The number of hydrogen-bond acceptors (Lipinski definition) is 5. The molecule has 0 radical (unpaired) electrons. The first-order chi connectivity index (χ1) is 13.5. The van der Waals surface area contributed by atoms with Gasteiger partial charge in [-0.2, -0.15) is 0 Å². The van der Waals surface area contributed by atoms with E-state index >= 15 is 0 Å². The predicted molar refractivity (Wildman–Crippen MR) is 101 cm³/mol. The monoisotopic (exact) mass is 385 g/mol. The van der Waals surface area contributed by atoms with E-state index in [1.165, 1.54) is 25.2 Å². The highest BCUT2D eigenvalue weighted by Crippen LogP contribution is 2.33. The summed E-state index contributed by atoms with van der Waals surface area (Å²) < 4.78 is 5.24. The summed E-state index contributed by atoms with van der Waals surface area (Å²) in [5.74, 6) is -0.0988. The molecule has 1 amide bonds. The maximum absolute atomic E-state index is 12.4. The summed E-state index contributed by atoms with van der Waals surface area (Å²) in [4.78, 5) is 40.5. The summed E-state index contributed by atoms with van der Waals surface area (Å²) in [6.45, 7) is 0.848. The van der Waals surface area contributed by atoms with Crippen molar-refractivity contribution >= 4 is 11.9 Å². The lowest BCUT2D eigenvalue weighted by atomic mass is 9.85. The van der Waals surface area contributed by atoms with Gasteiger partial charge >= 0.3 is 5.97 Å². The summed E-state index contributed by atoms with van der Waals surface area (Å²) in [6.07, 6.45) is 5.25. The molecule has 2 aromatic rings. The number of pyridine rings is 1. The van der Waals surface area contributed by atoms with Crippen LogP contribution >= 0.6 is 0 Å². The molecule has 0 atom stereocenters. The van der Waals surface area contributed by atoms with E-state index in [0.29, 0.717) is 30.2 Å². The zero-order chi connectivity index (χ0) is 19.7. The molecule has 2 aliphatic rings. The number of aliphatic carboxylic acids is 1. The lowest BCUT2D eigenvalue weighted by Crippen LogP contribution is -2.55. The van der Waals surface area contributed by atoms with Crippen LogP contribution in [-0.4, -0.2) is 52.0 Å². The fourth-order valence-corrected chi connectivity index (χ4v) is 3.64. The van der Waals surface area contributed by atoms with Crippen LogP contribution in [-0.2, 0) is 4.79 Å². The molecule has 2 aliphatic carbocycles. The van der Waals surface area contributed by atoms with Crippen LogP contribution in [0.3, 0.4) is 0 Å². The number of aromatic amines is 1. The molecule has 0 unspecified atom stereocenters. The quantitative estimate of drug-likeness (QED) is 0.637. The Morgan fingerprint density at radius 3 is 2.64 bits per heavy atom. The number of nitrogens with one attached hydrogen (secondary N) is 2. The molecule has 148 valence electrons. The minimum atomic E-state index is -0.823. The lowest BCUT2D eigenvalue weighted by Gasteiger charge is -2.42. The van der Waals surface area contributed by atoms with Gasteiger partial charge < -0.3 is 19.8 Å². The number of rotatable bonds is 8. The standard InChI is InChI=1S/C20H23N3O5/c24-18(25)11-23(10-12-3-4-12)14-8-13(9-14)21-19(26)15-5-6-16(22-20(15)27)17-2-1-7-28-17/h1-2,5-7,12-14H,3-4,8-11H2,(H,21,26)(H,22,27)(H,24,25). The Kier molecular flexibility index (Phi) is 5.04. The van der Waals surface area contributed by atoms with Gasteiger partial charge in [0.05, 0.1) is 18.5 Å². The largest absolute Gasteiger partial charge is 0.480 e. The van der Waals surface area contributed by atoms with E-state index < -0.39 is 17.4 Å². The van der Waals surface area contributed by atoms with Crippen molar-refractivity contribution in [2.75, 3.05) is 13.1 Å². The van der Waals surface area contributed by atoms with Gasteiger partial charge in [0.1, 0.15) is 11.3 Å². The van der Waals surface area contributed by atoms with Crippen molar-refractivity contribution in [3.8, 4) is 11.5 Å². The van der Waals surface area contributed by atoms with Crippen molar-refractivity contribution in [1.82, 2.24) is 15.2 Å². The Bertz CT molecular complexity index is 910. The molecule has 2 aromatic heterocycles. The fraction of sp³-hybridized carbons (Fsp3) is 0.450. The second-order valence-corrected chi connectivity index (χ2v) is 7.65. The van der Waals surface area contributed by atoms with Crippen LogP contribution in [0.2, 0.25) is 0 Å². The Labute approximate surface area is 161 Å². The van der Waals surface area contributed by atoms with E-state index in [9.17, 15) is 14.4 Å². The number of hydrogen-bond donors (Lipinski definition) is 3. The molecule has 8 heteroatoms. The van der Waals surface area contributed by atoms with Gasteiger partial charge in [-0.05, 0) is 55.9 Å². The first-order valence-corrected chi connectivity index (χ1v) is 9.53. The maximum Gasteiger partial charge on any atom is 0.317 e. The van der Waals surface area contributed by atoms with Crippen molar-refractivity contribution < 1.29 is 19.1 Å². The van der Waals surface area contributed by atoms with Gasteiger partial charge in [-0.25, -0.2) is 0 Å². The highest BCUT2D eigenvalue weighted by molar-refractivity contribution is 5.94. The van der Waals surface area contributed by atoms with Gasteiger partial charge in [0.15, 0.2) is 0 Å². The van der Waals surface area contributed by atoms with Crippen molar-refractivity contribution in [2.24, 2.45) is 5.92 Å². The van der Waals surface area contributed by atoms with Crippen LogP contribution in [0.4, 0.5) is 0 Å². The zero-order valence-electron chi connectivity index (χ0n) is 15.4. The van der Waals surface area contributed by atoms with Crippen LogP contribution in [0.1, 0.15) is 36.0 Å². The molecule has 3 N–H and O–H groups in total. The average molecular weight is 385 g/mol. The van der Waals surface area contributed by atoms with Gasteiger partial charge in [-0.1, -0.05) is 0 Å². The Balaban J connectivity index is 1.33. The van der Waals surface area contributed by atoms with Crippen molar-refractivity contribution in [3.05, 3.63) is 46.4 Å². The van der Waals surface area contributed by atoms with Crippen LogP contribution in [0.15, 0.2) is 39.7 Å². The van der Waals surface area contributed by atoms with E-state index in [1.54, 1.807) is 18.2 Å². The van der Waals surface area contributed by atoms with Crippen LogP contribution in [0.25, 0.3) is 11.5 Å². The molecule has 2 heterocycles. The van der Waals surface area contributed by atoms with Crippen LogP contribution < -0.4 is 10.9 Å². The Morgan fingerprint density at radius 1 is 1.25 bits per heavy atom. The highest BCUT2D eigenvalue weighted by atomic mass is 16.4. The Morgan fingerprint density at radius 2 is 2.04 bits per heavy atom. The molecule has 2 saturated carbocycles. The van der Waals surface area contributed by atoms with E-state index in [0.717, 1.165) is 6.54 Å². The first kappa shape index (κ1) is 18.5. The zero-order valence-corrected chi connectivity index (χ0v) is 15.4. The van der Waals surface area contributed by atoms with Gasteiger partial charge in [0, 0.05) is 18.6 Å². The second kappa shape index (κ2) is 7.63. The number of H-pyrrole nitrogens is 1. The summed E-state index contributed by atoms with van der Waals surface area (Å²) in [5.41, 5.74) is 0.0993. The average Bonchev–Trinajstić information content (AvgIpc) is 3.25. The predicted octanol–water partition coefficient (Wildman–Crippen LogP) is 1.69. The number of carboxylic acid groups (broad SMARTS) is 1. The van der Waals surface area contributed by atoms with Crippen LogP contribution in [0, 0.1) is 5.92 Å². The van der Waals surface area contributed by atoms with Crippen LogP contribution in [0.5, 0.6) is 0 Å². The number of furan rings is 1. The van der Waals surface area contributed by atoms with Gasteiger partial charge in [-0.3, -0.25) is 19.3 Å². The molecule has 0 spiro atoms. The topological polar surface area (TPSA) is 116 Å². The normalized spacial score (nSPS) is 21.3. The van der Waals surface area contributed by atoms with Crippen molar-refractivity contribution in [3.63, 3.8) is 0 Å². The third-order valence-corrected chi connectivity index (χ3v) is 5.43. The third-order valence-electron chi connectivity index (χ3n) is 5.43. The summed E-state index contributed by atoms with van der Waals surface area (Å²) in [7, 11) is 0. The van der Waals surface area contributed by atoms with E-state index in [-0.39, 0.29) is 24.2 Å². The smallest absolute Gasteiger partial charge is 0.317 e. The van der Waals surface area contributed by atoms with Gasteiger partial charge in [0.2, 0.25) is 0 Å². The molecule has 0 aliphatic heterocycles. The molecule has 0 aromatic carbocycles.